The summed E-state index contributed by atoms with van der Waals surface area (Å²) in [4.78, 5) is 23.1. The van der Waals surface area contributed by atoms with Crippen LogP contribution in [0.15, 0.2) is 18.2 Å². The Labute approximate surface area is 127 Å². The molecule has 2 amide bonds. The van der Waals surface area contributed by atoms with Crippen LogP contribution in [0.5, 0.6) is 0 Å². The first-order valence-electron chi connectivity index (χ1n) is 6.74. The summed E-state index contributed by atoms with van der Waals surface area (Å²) >= 11 is 5.84. The van der Waals surface area contributed by atoms with E-state index in [0.29, 0.717) is 25.7 Å². The molecule has 0 unspecified atom stereocenters. The van der Waals surface area contributed by atoms with Crippen LogP contribution in [0.1, 0.15) is 36.0 Å². The predicted octanol–water partition coefficient (Wildman–Crippen LogP) is 2.46. The first kappa shape index (κ1) is 15.6. The van der Waals surface area contributed by atoms with Gasteiger partial charge in [0.2, 0.25) is 0 Å². The van der Waals surface area contributed by atoms with Crippen LogP contribution in [0.4, 0.5) is 10.5 Å². The molecule has 6 nitrogen and oxygen atoms in total. The van der Waals surface area contributed by atoms with E-state index < -0.39 is 12.0 Å². The van der Waals surface area contributed by atoms with Gasteiger partial charge in [-0.15, -0.1) is 0 Å². The number of aromatic carboxylic acids is 1. The number of aliphatic hydroxyl groups excluding tert-OH is 1. The third kappa shape index (κ3) is 4.09. The molecule has 0 heterocycles. The van der Waals surface area contributed by atoms with Crippen molar-refractivity contribution >= 4 is 29.3 Å². The highest BCUT2D eigenvalue weighted by molar-refractivity contribution is 6.34. The van der Waals surface area contributed by atoms with Gasteiger partial charge in [0.25, 0.3) is 0 Å². The number of anilines is 1. The van der Waals surface area contributed by atoms with Gasteiger partial charge in [-0.25, -0.2) is 9.59 Å². The van der Waals surface area contributed by atoms with E-state index in [1.807, 2.05) is 0 Å². The minimum absolute atomic E-state index is 0.0131. The van der Waals surface area contributed by atoms with Crippen LogP contribution in [-0.2, 0) is 0 Å². The minimum Gasteiger partial charge on any atom is -0.478 e. The van der Waals surface area contributed by atoms with Crippen molar-refractivity contribution in [3.8, 4) is 0 Å². The molecule has 4 N–H and O–H groups in total. The summed E-state index contributed by atoms with van der Waals surface area (Å²) in [7, 11) is 0. The third-order valence-corrected chi connectivity index (χ3v) is 3.82. The molecule has 0 atom stereocenters. The Morgan fingerprint density at radius 2 is 1.86 bits per heavy atom. The van der Waals surface area contributed by atoms with Crippen LogP contribution in [-0.4, -0.2) is 34.4 Å². The molecule has 1 aromatic carbocycles. The molecule has 1 aliphatic rings. The van der Waals surface area contributed by atoms with Crippen molar-refractivity contribution in [3.05, 3.63) is 28.8 Å². The van der Waals surface area contributed by atoms with Gasteiger partial charge in [-0.05, 0) is 37.8 Å². The highest BCUT2D eigenvalue weighted by Crippen LogP contribution is 2.24. The standard InChI is InChI=1S/C14H17ClN2O4/c15-10-2-1-3-11(12(10)13(19)20)17-14(21)16-8-4-6-9(18)7-5-8/h1-3,8-9,18H,4-7H2,(H,19,20)(H2,16,17,21). The molecule has 1 aliphatic carbocycles. The van der Waals surface area contributed by atoms with E-state index in [-0.39, 0.29) is 28.4 Å². The second-order valence-corrected chi connectivity index (χ2v) is 5.48. The fourth-order valence-electron chi connectivity index (χ4n) is 2.41. The van der Waals surface area contributed by atoms with Crippen LogP contribution < -0.4 is 10.6 Å². The lowest BCUT2D eigenvalue weighted by Gasteiger charge is -2.26. The van der Waals surface area contributed by atoms with Crippen LogP contribution in [0.2, 0.25) is 5.02 Å². The molecule has 0 aliphatic heterocycles. The van der Waals surface area contributed by atoms with Crippen molar-refractivity contribution in [1.82, 2.24) is 5.32 Å². The summed E-state index contributed by atoms with van der Waals surface area (Å²) < 4.78 is 0. The third-order valence-electron chi connectivity index (χ3n) is 3.51. The maximum Gasteiger partial charge on any atom is 0.339 e. The number of hydrogen-bond acceptors (Lipinski definition) is 3. The average Bonchev–Trinajstić information content (AvgIpc) is 2.41. The van der Waals surface area contributed by atoms with E-state index in [2.05, 4.69) is 10.6 Å². The summed E-state index contributed by atoms with van der Waals surface area (Å²) in [5.74, 6) is -1.20. The highest BCUT2D eigenvalue weighted by atomic mass is 35.5. The summed E-state index contributed by atoms with van der Waals surface area (Å²) in [5.41, 5.74) is 0.0247. The number of carbonyl (C=O) groups excluding carboxylic acids is 1. The van der Waals surface area contributed by atoms with Crippen LogP contribution >= 0.6 is 11.6 Å². The topological polar surface area (TPSA) is 98.7 Å². The van der Waals surface area contributed by atoms with E-state index >= 15 is 0 Å². The van der Waals surface area contributed by atoms with Crippen molar-refractivity contribution in [2.45, 2.75) is 37.8 Å². The number of nitrogens with one attached hydrogen (secondary N) is 2. The Hall–Kier alpha value is -1.79. The van der Waals surface area contributed by atoms with Crippen molar-refractivity contribution in [2.24, 2.45) is 0 Å². The largest absolute Gasteiger partial charge is 0.478 e. The number of aliphatic hydroxyl groups is 1. The van der Waals surface area contributed by atoms with E-state index in [4.69, 9.17) is 16.7 Å². The molecular weight excluding hydrogens is 296 g/mol. The number of urea groups is 1. The number of hydrogen-bond donors (Lipinski definition) is 4. The SMILES string of the molecule is O=C(Nc1cccc(Cl)c1C(=O)O)NC1CCC(O)CC1. The number of carbonyl (C=O) groups is 2. The number of rotatable bonds is 3. The fourth-order valence-corrected chi connectivity index (χ4v) is 2.66. The normalized spacial score (nSPS) is 21.6. The van der Waals surface area contributed by atoms with Gasteiger partial charge in [-0.3, -0.25) is 0 Å². The smallest absolute Gasteiger partial charge is 0.339 e. The Balaban J connectivity index is 2.00. The summed E-state index contributed by atoms with van der Waals surface area (Å²) in [5, 5.41) is 23.9. The van der Waals surface area contributed by atoms with Gasteiger partial charge in [0.05, 0.1) is 16.8 Å². The Bertz CT molecular complexity index is 542. The molecule has 0 saturated heterocycles. The molecular formula is C14H17ClN2O4. The van der Waals surface area contributed by atoms with Crippen LogP contribution in [0.25, 0.3) is 0 Å². The highest BCUT2D eigenvalue weighted by Gasteiger charge is 2.22. The lowest BCUT2D eigenvalue weighted by atomic mass is 9.93. The molecule has 0 aromatic heterocycles. The van der Waals surface area contributed by atoms with Gasteiger partial charge in [0.15, 0.2) is 0 Å². The molecule has 1 fully saturated rings. The van der Waals surface area contributed by atoms with Gasteiger partial charge in [0, 0.05) is 6.04 Å². The molecule has 7 heteroatoms. The number of halogens is 1. The van der Waals surface area contributed by atoms with Crippen molar-refractivity contribution in [2.75, 3.05) is 5.32 Å². The lowest BCUT2D eigenvalue weighted by Crippen LogP contribution is -2.41. The maximum absolute atomic E-state index is 11.9. The zero-order chi connectivity index (χ0) is 15.4. The zero-order valence-electron chi connectivity index (χ0n) is 11.3. The number of carboxylic acid groups (broad SMARTS) is 1. The predicted molar refractivity (Wildman–Crippen MR) is 78.8 cm³/mol. The molecule has 0 radical (unpaired) electrons. The minimum atomic E-state index is -1.20. The summed E-state index contributed by atoms with van der Waals surface area (Å²) in [6.45, 7) is 0. The number of carboxylic acids is 1. The molecule has 1 saturated carbocycles. The average molecular weight is 313 g/mol. The number of amides is 2. The molecule has 114 valence electrons. The Morgan fingerprint density at radius 1 is 1.19 bits per heavy atom. The van der Waals surface area contributed by atoms with Crippen molar-refractivity contribution in [1.29, 1.82) is 0 Å². The van der Waals surface area contributed by atoms with E-state index in [0.717, 1.165) is 0 Å². The fraction of sp³-hybridized carbons (Fsp3) is 0.429. The quantitative estimate of drug-likeness (QED) is 0.689. The molecule has 21 heavy (non-hydrogen) atoms. The monoisotopic (exact) mass is 312 g/mol. The van der Waals surface area contributed by atoms with Crippen molar-refractivity contribution in [3.63, 3.8) is 0 Å². The van der Waals surface area contributed by atoms with Crippen molar-refractivity contribution < 1.29 is 19.8 Å². The van der Waals surface area contributed by atoms with Gasteiger partial charge in [0.1, 0.15) is 5.56 Å². The Kier molecular flexibility index (Phi) is 5.03. The van der Waals surface area contributed by atoms with E-state index in [9.17, 15) is 14.7 Å². The first-order valence-corrected chi connectivity index (χ1v) is 7.12. The maximum atomic E-state index is 11.9. The number of benzene rings is 1. The second kappa shape index (κ2) is 6.78. The lowest BCUT2D eigenvalue weighted by molar-refractivity contribution is 0.0698. The summed E-state index contributed by atoms with van der Waals surface area (Å²) in [6, 6.07) is 4.03. The van der Waals surface area contributed by atoms with Crippen LogP contribution in [0, 0.1) is 0 Å². The second-order valence-electron chi connectivity index (χ2n) is 5.07. The Morgan fingerprint density at radius 3 is 2.48 bits per heavy atom. The van der Waals surface area contributed by atoms with E-state index in [1.54, 1.807) is 6.07 Å². The zero-order valence-corrected chi connectivity index (χ0v) is 12.1. The molecule has 0 bridgehead atoms. The summed E-state index contributed by atoms with van der Waals surface area (Å²) in [6.07, 6.45) is 2.43. The van der Waals surface area contributed by atoms with Crippen LogP contribution in [0.3, 0.4) is 0 Å². The molecule has 0 spiro atoms. The van der Waals surface area contributed by atoms with Gasteiger partial charge in [-0.2, -0.15) is 0 Å². The van der Waals surface area contributed by atoms with Gasteiger partial charge >= 0.3 is 12.0 Å². The first-order chi connectivity index (χ1) is 9.97. The molecule has 1 aromatic rings. The van der Waals surface area contributed by atoms with E-state index in [1.165, 1.54) is 12.1 Å². The van der Waals surface area contributed by atoms with Gasteiger partial charge in [-0.1, -0.05) is 17.7 Å². The molecule has 2 rings (SSSR count). The van der Waals surface area contributed by atoms with Gasteiger partial charge < -0.3 is 20.8 Å².